The van der Waals surface area contributed by atoms with Crippen LogP contribution >= 0.6 is 11.6 Å². The Morgan fingerprint density at radius 3 is 2.89 bits per heavy atom. The molecule has 19 heavy (non-hydrogen) atoms. The topological polar surface area (TPSA) is 70.5 Å². The summed E-state index contributed by atoms with van der Waals surface area (Å²) in [5.74, 6) is -2.51. The van der Waals surface area contributed by atoms with Crippen molar-refractivity contribution in [3.05, 3.63) is 28.8 Å². The first kappa shape index (κ1) is 13.7. The zero-order valence-electron chi connectivity index (χ0n) is 10.1. The number of nitrogens with zero attached hydrogens (tertiary/aromatic N) is 2. The number of carboxylic acids is 1. The van der Waals surface area contributed by atoms with Gasteiger partial charge in [-0.3, -0.25) is 4.79 Å². The van der Waals surface area contributed by atoms with Crippen molar-refractivity contribution in [2.24, 2.45) is 5.92 Å². The fourth-order valence-electron chi connectivity index (χ4n) is 2.28. The van der Waals surface area contributed by atoms with Gasteiger partial charge in [0.25, 0.3) is 5.91 Å². The van der Waals surface area contributed by atoms with E-state index in [-0.39, 0.29) is 16.6 Å². The van der Waals surface area contributed by atoms with Gasteiger partial charge >= 0.3 is 5.97 Å². The average molecular weight is 287 g/mol. The summed E-state index contributed by atoms with van der Waals surface area (Å²) in [4.78, 5) is 28.2. The second-order valence-corrected chi connectivity index (χ2v) is 4.90. The first-order valence-corrected chi connectivity index (χ1v) is 6.14. The first-order chi connectivity index (χ1) is 8.91. The van der Waals surface area contributed by atoms with Gasteiger partial charge in [-0.25, -0.2) is 14.2 Å². The quantitative estimate of drug-likeness (QED) is 0.842. The van der Waals surface area contributed by atoms with Crippen molar-refractivity contribution in [3.8, 4) is 0 Å². The number of carboxylic acid groups (broad SMARTS) is 1. The number of carbonyl (C=O) groups excluding carboxylic acids is 1. The van der Waals surface area contributed by atoms with Gasteiger partial charge in [-0.15, -0.1) is 0 Å². The molecular weight excluding hydrogens is 275 g/mol. The molecule has 1 aliphatic heterocycles. The Labute approximate surface area is 114 Å². The van der Waals surface area contributed by atoms with E-state index in [9.17, 15) is 14.0 Å². The summed E-state index contributed by atoms with van der Waals surface area (Å²) in [6, 6.07) is 0.0615. The van der Waals surface area contributed by atoms with Crippen LogP contribution in [0.5, 0.6) is 0 Å². The molecule has 1 aliphatic rings. The van der Waals surface area contributed by atoms with Crippen molar-refractivity contribution in [1.82, 2.24) is 9.88 Å². The molecule has 0 saturated carbocycles. The van der Waals surface area contributed by atoms with E-state index in [0.29, 0.717) is 13.0 Å². The van der Waals surface area contributed by atoms with E-state index in [1.165, 1.54) is 4.90 Å². The molecule has 2 rings (SSSR count). The molecule has 1 aromatic rings. The first-order valence-electron chi connectivity index (χ1n) is 5.76. The van der Waals surface area contributed by atoms with Gasteiger partial charge in [0, 0.05) is 6.54 Å². The van der Waals surface area contributed by atoms with E-state index in [4.69, 9.17) is 16.7 Å². The van der Waals surface area contributed by atoms with Crippen molar-refractivity contribution in [2.75, 3.05) is 6.54 Å². The fourth-order valence-corrected chi connectivity index (χ4v) is 2.46. The molecular formula is C12H12ClFN2O3. The van der Waals surface area contributed by atoms with Crippen molar-refractivity contribution < 1.29 is 19.1 Å². The lowest BCUT2D eigenvalue weighted by Crippen LogP contribution is -2.42. The van der Waals surface area contributed by atoms with Gasteiger partial charge in [0.05, 0.1) is 11.8 Å². The van der Waals surface area contributed by atoms with Gasteiger partial charge in [-0.2, -0.15) is 0 Å². The van der Waals surface area contributed by atoms with E-state index < -0.39 is 23.7 Å². The average Bonchev–Trinajstić information content (AvgIpc) is 2.73. The second-order valence-electron chi connectivity index (χ2n) is 4.54. The molecule has 1 fully saturated rings. The summed E-state index contributed by atoms with van der Waals surface area (Å²) < 4.78 is 13.1. The summed E-state index contributed by atoms with van der Waals surface area (Å²) in [6.45, 7) is 2.07. The van der Waals surface area contributed by atoms with Crippen LogP contribution in [0.2, 0.25) is 5.15 Å². The third-order valence-electron chi connectivity index (χ3n) is 3.25. The number of likely N-dealkylation sites (tertiary alicyclic amines) is 1. The predicted molar refractivity (Wildman–Crippen MR) is 65.4 cm³/mol. The Morgan fingerprint density at radius 1 is 1.58 bits per heavy atom. The Bertz CT molecular complexity index is 538. The van der Waals surface area contributed by atoms with Crippen molar-refractivity contribution in [3.63, 3.8) is 0 Å². The molecule has 5 nitrogen and oxygen atoms in total. The lowest BCUT2D eigenvalue weighted by molar-refractivity contribution is -0.142. The zero-order valence-corrected chi connectivity index (χ0v) is 10.9. The smallest absolute Gasteiger partial charge is 0.326 e. The minimum absolute atomic E-state index is 0.109. The van der Waals surface area contributed by atoms with Crippen LogP contribution in [0.25, 0.3) is 0 Å². The maximum absolute atomic E-state index is 13.1. The van der Waals surface area contributed by atoms with Crippen LogP contribution in [-0.4, -0.2) is 39.5 Å². The highest BCUT2D eigenvalue weighted by Crippen LogP contribution is 2.27. The molecule has 102 valence electrons. The summed E-state index contributed by atoms with van der Waals surface area (Å²) in [7, 11) is 0. The van der Waals surface area contributed by atoms with Crippen LogP contribution in [-0.2, 0) is 4.79 Å². The molecule has 1 amide bonds. The van der Waals surface area contributed by atoms with Crippen LogP contribution in [0.4, 0.5) is 4.39 Å². The van der Waals surface area contributed by atoms with Crippen LogP contribution in [0.15, 0.2) is 12.3 Å². The van der Waals surface area contributed by atoms with Crippen molar-refractivity contribution in [2.45, 2.75) is 19.4 Å². The van der Waals surface area contributed by atoms with Crippen LogP contribution in [0, 0.1) is 11.7 Å². The molecule has 2 atom stereocenters. The molecule has 2 heterocycles. The van der Waals surface area contributed by atoms with Crippen LogP contribution < -0.4 is 0 Å². The molecule has 2 unspecified atom stereocenters. The Kier molecular flexibility index (Phi) is 3.71. The monoisotopic (exact) mass is 286 g/mol. The van der Waals surface area contributed by atoms with Gasteiger partial charge in [0.2, 0.25) is 0 Å². The summed E-state index contributed by atoms with van der Waals surface area (Å²) >= 11 is 5.76. The van der Waals surface area contributed by atoms with Crippen molar-refractivity contribution in [1.29, 1.82) is 0 Å². The van der Waals surface area contributed by atoms with Gasteiger partial charge in [-0.1, -0.05) is 18.5 Å². The third kappa shape index (κ3) is 2.53. The minimum atomic E-state index is -1.07. The number of halogens is 2. The van der Waals surface area contributed by atoms with Crippen molar-refractivity contribution >= 4 is 23.5 Å². The third-order valence-corrected chi connectivity index (χ3v) is 3.55. The zero-order chi connectivity index (χ0) is 14.2. The number of pyridine rings is 1. The normalized spacial score (nSPS) is 22.6. The maximum Gasteiger partial charge on any atom is 0.326 e. The second kappa shape index (κ2) is 5.13. The fraction of sp³-hybridized carbons (Fsp3) is 0.417. The molecule has 1 aromatic heterocycles. The van der Waals surface area contributed by atoms with E-state index in [1.807, 2.05) is 0 Å². The standard InChI is InChI=1S/C12H12ClFN2O3/c1-6-2-3-16(9(6)12(18)19)11(17)8-4-7(14)5-15-10(8)13/h4-6,9H,2-3H2,1H3,(H,18,19). The molecule has 0 radical (unpaired) electrons. The molecule has 1 N–H and O–H groups in total. The number of amides is 1. The Balaban J connectivity index is 2.33. The van der Waals surface area contributed by atoms with Gasteiger partial charge in [0.1, 0.15) is 17.0 Å². The van der Waals surface area contributed by atoms with E-state index in [2.05, 4.69) is 4.98 Å². The Morgan fingerprint density at radius 2 is 2.26 bits per heavy atom. The largest absolute Gasteiger partial charge is 0.480 e. The Hall–Kier alpha value is -1.69. The van der Waals surface area contributed by atoms with E-state index in [0.717, 1.165) is 12.3 Å². The highest BCUT2D eigenvalue weighted by molar-refractivity contribution is 6.32. The van der Waals surface area contributed by atoms with Gasteiger partial charge < -0.3 is 10.0 Å². The number of carbonyl (C=O) groups is 2. The van der Waals surface area contributed by atoms with Gasteiger partial charge in [0.15, 0.2) is 0 Å². The number of aromatic nitrogens is 1. The van der Waals surface area contributed by atoms with E-state index >= 15 is 0 Å². The van der Waals surface area contributed by atoms with E-state index in [1.54, 1.807) is 6.92 Å². The highest BCUT2D eigenvalue weighted by atomic mass is 35.5. The van der Waals surface area contributed by atoms with Crippen LogP contribution in [0.3, 0.4) is 0 Å². The van der Waals surface area contributed by atoms with Crippen LogP contribution in [0.1, 0.15) is 23.7 Å². The molecule has 1 saturated heterocycles. The lowest BCUT2D eigenvalue weighted by Gasteiger charge is -2.23. The molecule has 0 aromatic carbocycles. The predicted octanol–water partition coefficient (Wildman–Crippen LogP) is 1.81. The molecule has 0 bridgehead atoms. The number of hydrogen-bond donors (Lipinski definition) is 1. The summed E-state index contributed by atoms with van der Waals surface area (Å²) in [5, 5.41) is 9.03. The minimum Gasteiger partial charge on any atom is -0.480 e. The highest BCUT2D eigenvalue weighted by Gasteiger charge is 2.40. The number of aliphatic carboxylic acids is 1. The summed E-state index contributed by atoms with van der Waals surface area (Å²) in [6.07, 6.45) is 1.49. The molecule has 7 heteroatoms. The molecule has 0 spiro atoms. The lowest BCUT2D eigenvalue weighted by atomic mass is 10.0. The summed E-state index contributed by atoms with van der Waals surface area (Å²) in [5.41, 5.74) is -0.109. The van der Waals surface area contributed by atoms with Gasteiger partial charge in [-0.05, 0) is 18.4 Å². The maximum atomic E-state index is 13.1. The number of rotatable bonds is 2. The SMILES string of the molecule is CC1CCN(C(=O)c2cc(F)cnc2Cl)C1C(=O)O. The molecule has 0 aliphatic carbocycles. The number of hydrogen-bond acceptors (Lipinski definition) is 3.